The molecule has 0 aliphatic heterocycles. The third-order valence-electron chi connectivity index (χ3n) is 3.29. The molecule has 7 heteroatoms. The summed E-state index contributed by atoms with van der Waals surface area (Å²) in [6.07, 6.45) is 0. The first kappa shape index (κ1) is 15.9. The predicted octanol–water partition coefficient (Wildman–Crippen LogP) is 1.96. The fraction of sp³-hybridized carbons (Fsp3) is 0.462. The number of carboxylic acid groups (broad SMARTS) is 1. The fourth-order valence-corrected chi connectivity index (χ4v) is 1.64. The van der Waals surface area contributed by atoms with Crippen molar-refractivity contribution in [2.24, 2.45) is 0 Å². The molecular formula is C13H19N3O4. The van der Waals surface area contributed by atoms with Crippen LogP contribution in [0.3, 0.4) is 0 Å². The zero-order chi connectivity index (χ0) is 15.4. The number of benzene rings is 1. The van der Waals surface area contributed by atoms with Crippen molar-refractivity contribution < 1.29 is 14.8 Å². The summed E-state index contributed by atoms with van der Waals surface area (Å²) in [6.45, 7) is 4.16. The van der Waals surface area contributed by atoms with Crippen LogP contribution < -0.4 is 5.32 Å². The van der Waals surface area contributed by atoms with Crippen LogP contribution in [0.1, 0.15) is 22.8 Å². The average molecular weight is 281 g/mol. The second kappa shape index (κ2) is 6.33. The minimum absolute atomic E-state index is 0.0951. The Morgan fingerprint density at radius 3 is 2.55 bits per heavy atom. The minimum atomic E-state index is -1.18. The number of aromatic carboxylic acids is 1. The van der Waals surface area contributed by atoms with Gasteiger partial charge in [-0.3, -0.25) is 10.1 Å². The number of rotatable bonds is 6. The molecule has 0 spiro atoms. The van der Waals surface area contributed by atoms with Gasteiger partial charge in [-0.25, -0.2) is 4.79 Å². The van der Waals surface area contributed by atoms with Gasteiger partial charge in [0, 0.05) is 29.9 Å². The van der Waals surface area contributed by atoms with Crippen molar-refractivity contribution in [1.29, 1.82) is 0 Å². The number of hydrogen-bond donors (Lipinski definition) is 2. The summed E-state index contributed by atoms with van der Waals surface area (Å²) in [4.78, 5) is 23.4. The van der Waals surface area contributed by atoms with Gasteiger partial charge in [-0.15, -0.1) is 0 Å². The van der Waals surface area contributed by atoms with Gasteiger partial charge in [0.1, 0.15) is 0 Å². The Hall–Kier alpha value is -2.15. The summed E-state index contributed by atoms with van der Waals surface area (Å²) in [5, 5.41) is 23.1. The third kappa shape index (κ3) is 3.67. The Labute approximate surface area is 117 Å². The molecule has 0 aliphatic carbocycles. The molecule has 1 aromatic carbocycles. The van der Waals surface area contributed by atoms with Crippen LogP contribution in [-0.2, 0) is 0 Å². The topological polar surface area (TPSA) is 95.7 Å². The Balaban J connectivity index is 3.11. The lowest BCUT2D eigenvalue weighted by atomic mass is 10.1. The average Bonchev–Trinajstić information content (AvgIpc) is 2.36. The van der Waals surface area contributed by atoms with E-state index < -0.39 is 10.9 Å². The van der Waals surface area contributed by atoms with E-state index in [1.54, 1.807) is 6.92 Å². The van der Waals surface area contributed by atoms with E-state index in [0.29, 0.717) is 17.8 Å². The van der Waals surface area contributed by atoms with E-state index in [9.17, 15) is 14.9 Å². The molecule has 110 valence electrons. The fourth-order valence-electron chi connectivity index (χ4n) is 1.64. The highest BCUT2D eigenvalue weighted by Gasteiger charge is 2.19. The summed E-state index contributed by atoms with van der Waals surface area (Å²) in [5.74, 6) is -1.18. The zero-order valence-corrected chi connectivity index (χ0v) is 12.0. The number of anilines is 1. The highest BCUT2D eigenvalue weighted by atomic mass is 16.6. The second-order valence-electron chi connectivity index (χ2n) is 4.92. The van der Waals surface area contributed by atoms with Crippen molar-refractivity contribution in [3.63, 3.8) is 0 Å². The summed E-state index contributed by atoms with van der Waals surface area (Å²) < 4.78 is 0. The van der Waals surface area contributed by atoms with Crippen molar-refractivity contribution in [3.8, 4) is 0 Å². The monoisotopic (exact) mass is 281 g/mol. The lowest BCUT2D eigenvalue weighted by Crippen LogP contribution is -2.31. The number of carboxylic acids is 1. The number of carbonyl (C=O) groups is 1. The van der Waals surface area contributed by atoms with E-state index in [-0.39, 0.29) is 17.3 Å². The van der Waals surface area contributed by atoms with E-state index in [2.05, 4.69) is 5.32 Å². The highest BCUT2D eigenvalue weighted by Crippen LogP contribution is 2.27. The molecule has 7 nitrogen and oxygen atoms in total. The van der Waals surface area contributed by atoms with E-state index >= 15 is 0 Å². The molecule has 0 radical (unpaired) electrons. The number of likely N-dealkylation sites (N-methyl/N-ethyl adjacent to an activating group) is 1. The molecule has 0 fully saturated rings. The van der Waals surface area contributed by atoms with Crippen molar-refractivity contribution >= 4 is 17.3 Å². The molecule has 0 aliphatic rings. The molecule has 0 aromatic heterocycles. The van der Waals surface area contributed by atoms with Gasteiger partial charge < -0.3 is 15.3 Å². The SMILES string of the molecule is Cc1c(NCC(C)N(C)C)cc(C(=O)O)cc1[N+](=O)[O-]. The van der Waals surface area contributed by atoms with Crippen molar-refractivity contribution in [3.05, 3.63) is 33.4 Å². The van der Waals surface area contributed by atoms with Gasteiger partial charge in [0.25, 0.3) is 5.69 Å². The van der Waals surface area contributed by atoms with Crippen LogP contribution in [0, 0.1) is 17.0 Å². The smallest absolute Gasteiger partial charge is 0.336 e. The van der Waals surface area contributed by atoms with E-state index in [1.165, 1.54) is 6.07 Å². The van der Waals surface area contributed by atoms with Crippen LogP contribution in [0.15, 0.2) is 12.1 Å². The van der Waals surface area contributed by atoms with Gasteiger partial charge in [0.15, 0.2) is 0 Å². The lowest BCUT2D eigenvalue weighted by molar-refractivity contribution is -0.385. The number of nitro groups is 1. The Bertz CT molecular complexity index is 529. The van der Waals surface area contributed by atoms with Crippen molar-refractivity contribution in [1.82, 2.24) is 4.90 Å². The molecule has 0 bridgehead atoms. The molecule has 1 atom stereocenters. The molecule has 1 aromatic rings. The molecular weight excluding hydrogens is 262 g/mol. The van der Waals surface area contributed by atoms with Crippen LogP contribution in [0.5, 0.6) is 0 Å². The molecule has 0 saturated carbocycles. The van der Waals surface area contributed by atoms with E-state index in [1.807, 2.05) is 25.9 Å². The first-order valence-electron chi connectivity index (χ1n) is 6.16. The maximum Gasteiger partial charge on any atom is 0.336 e. The van der Waals surface area contributed by atoms with Crippen LogP contribution in [0.4, 0.5) is 11.4 Å². The minimum Gasteiger partial charge on any atom is -0.478 e. The maximum atomic E-state index is 11.0. The first-order chi connectivity index (χ1) is 9.23. The summed E-state index contributed by atoms with van der Waals surface area (Å²) >= 11 is 0. The quantitative estimate of drug-likeness (QED) is 0.611. The number of nitro benzene ring substituents is 1. The van der Waals surface area contributed by atoms with E-state index in [4.69, 9.17) is 5.11 Å². The number of hydrogen-bond acceptors (Lipinski definition) is 5. The molecule has 0 heterocycles. The molecule has 2 N–H and O–H groups in total. The summed E-state index contributed by atoms with van der Waals surface area (Å²) in [7, 11) is 3.85. The standard InChI is InChI=1S/C13H19N3O4/c1-8(15(3)4)7-14-11-5-10(13(17)18)6-12(9(11)2)16(19)20/h5-6,8,14H,7H2,1-4H3,(H,17,18). The van der Waals surface area contributed by atoms with Gasteiger partial charge in [-0.1, -0.05) is 0 Å². The largest absolute Gasteiger partial charge is 0.478 e. The third-order valence-corrected chi connectivity index (χ3v) is 3.29. The second-order valence-corrected chi connectivity index (χ2v) is 4.92. The molecule has 1 unspecified atom stereocenters. The van der Waals surface area contributed by atoms with Crippen molar-refractivity contribution in [2.45, 2.75) is 19.9 Å². The van der Waals surface area contributed by atoms with Crippen molar-refractivity contribution in [2.75, 3.05) is 26.0 Å². The Morgan fingerprint density at radius 1 is 1.50 bits per heavy atom. The van der Waals surface area contributed by atoms with Gasteiger partial charge in [-0.2, -0.15) is 0 Å². The summed E-state index contributed by atoms with van der Waals surface area (Å²) in [5.41, 5.74) is 0.628. The van der Waals surface area contributed by atoms with Gasteiger partial charge in [0.05, 0.1) is 10.5 Å². The first-order valence-corrected chi connectivity index (χ1v) is 6.16. The number of nitrogens with zero attached hydrogens (tertiary/aromatic N) is 2. The van der Waals surface area contributed by atoms with E-state index in [0.717, 1.165) is 6.07 Å². The van der Waals surface area contributed by atoms with Crippen LogP contribution in [0.2, 0.25) is 0 Å². The highest BCUT2D eigenvalue weighted by molar-refractivity contribution is 5.90. The summed E-state index contributed by atoms with van der Waals surface area (Å²) in [6, 6.07) is 2.72. The normalized spacial score (nSPS) is 12.2. The lowest BCUT2D eigenvalue weighted by Gasteiger charge is -2.21. The Morgan fingerprint density at radius 2 is 2.10 bits per heavy atom. The molecule has 20 heavy (non-hydrogen) atoms. The van der Waals surface area contributed by atoms with Gasteiger partial charge >= 0.3 is 5.97 Å². The zero-order valence-electron chi connectivity index (χ0n) is 12.0. The molecule has 0 amide bonds. The predicted molar refractivity (Wildman–Crippen MR) is 76.4 cm³/mol. The van der Waals surface area contributed by atoms with Crippen LogP contribution in [0.25, 0.3) is 0 Å². The van der Waals surface area contributed by atoms with Crippen LogP contribution in [-0.4, -0.2) is 47.6 Å². The van der Waals surface area contributed by atoms with Gasteiger partial charge in [0.2, 0.25) is 0 Å². The number of nitrogens with one attached hydrogen (secondary N) is 1. The van der Waals surface area contributed by atoms with Gasteiger partial charge in [-0.05, 0) is 34.0 Å². The molecule has 0 saturated heterocycles. The Kier molecular flexibility index (Phi) is 5.04. The maximum absolute atomic E-state index is 11.0. The molecule has 1 rings (SSSR count). The van der Waals surface area contributed by atoms with Crippen LogP contribution >= 0.6 is 0 Å².